The van der Waals surface area contributed by atoms with Gasteiger partial charge in [0, 0.05) is 32.4 Å². The van der Waals surface area contributed by atoms with E-state index in [4.69, 9.17) is 11.5 Å². The third kappa shape index (κ3) is 4.15. The number of hydrogen-bond donors (Lipinski definition) is 2. The number of rotatable bonds is 5. The van der Waals surface area contributed by atoms with E-state index in [0.29, 0.717) is 23.8 Å². The lowest BCUT2D eigenvalue weighted by atomic mass is 10.1. The maximum atomic E-state index is 11.5. The van der Waals surface area contributed by atoms with Crippen molar-refractivity contribution in [2.45, 2.75) is 13.3 Å². The molecule has 1 aliphatic rings. The van der Waals surface area contributed by atoms with Crippen LogP contribution in [-0.2, 0) is 0 Å². The molecule has 2 rings (SSSR count). The Labute approximate surface area is 126 Å². The SMILES string of the molecule is CC(CN)CN1CCCN(c2ncccc2C(N)=O)CC1. The van der Waals surface area contributed by atoms with E-state index in [-0.39, 0.29) is 0 Å². The van der Waals surface area contributed by atoms with E-state index in [1.54, 1.807) is 18.3 Å². The van der Waals surface area contributed by atoms with Crippen molar-refractivity contribution >= 4 is 11.7 Å². The zero-order valence-corrected chi connectivity index (χ0v) is 12.7. The number of pyridine rings is 1. The summed E-state index contributed by atoms with van der Waals surface area (Å²) < 4.78 is 0. The summed E-state index contributed by atoms with van der Waals surface area (Å²) in [5.74, 6) is 0.794. The first-order valence-electron chi connectivity index (χ1n) is 7.54. The summed E-state index contributed by atoms with van der Waals surface area (Å²) in [7, 11) is 0. The zero-order valence-electron chi connectivity index (χ0n) is 12.7. The summed E-state index contributed by atoms with van der Waals surface area (Å²) in [6.45, 7) is 7.67. The van der Waals surface area contributed by atoms with E-state index in [1.807, 2.05) is 0 Å². The number of anilines is 1. The van der Waals surface area contributed by atoms with Crippen LogP contribution < -0.4 is 16.4 Å². The largest absolute Gasteiger partial charge is 0.365 e. The van der Waals surface area contributed by atoms with E-state index >= 15 is 0 Å². The molecule has 0 bridgehead atoms. The number of nitrogens with two attached hydrogens (primary N) is 2. The van der Waals surface area contributed by atoms with Gasteiger partial charge in [-0.15, -0.1) is 0 Å². The smallest absolute Gasteiger partial charge is 0.252 e. The predicted octanol–water partition coefficient (Wildman–Crippen LogP) is 0.287. The van der Waals surface area contributed by atoms with E-state index in [0.717, 1.165) is 39.1 Å². The molecule has 1 aliphatic heterocycles. The van der Waals surface area contributed by atoms with Crippen molar-refractivity contribution in [3.63, 3.8) is 0 Å². The second kappa shape index (κ2) is 7.38. The molecular weight excluding hydrogens is 266 g/mol. The Balaban J connectivity index is 2.05. The highest BCUT2D eigenvalue weighted by atomic mass is 16.1. The standard InChI is InChI=1S/C15H25N5O/c1-12(10-16)11-19-6-3-7-20(9-8-19)15-13(14(17)21)4-2-5-18-15/h2,4-5,12H,3,6-11,16H2,1H3,(H2,17,21). The molecule has 116 valence electrons. The molecule has 0 aliphatic carbocycles. The van der Waals surface area contributed by atoms with Gasteiger partial charge in [0.15, 0.2) is 0 Å². The van der Waals surface area contributed by atoms with Crippen molar-refractivity contribution in [1.29, 1.82) is 0 Å². The Hall–Kier alpha value is -1.66. The van der Waals surface area contributed by atoms with Gasteiger partial charge in [-0.05, 0) is 37.6 Å². The van der Waals surface area contributed by atoms with Gasteiger partial charge < -0.3 is 21.3 Å². The lowest BCUT2D eigenvalue weighted by Gasteiger charge is -2.25. The molecule has 4 N–H and O–H groups in total. The average molecular weight is 291 g/mol. The van der Waals surface area contributed by atoms with Crippen molar-refractivity contribution in [1.82, 2.24) is 9.88 Å². The lowest BCUT2D eigenvalue weighted by Crippen LogP contribution is -2.35. The van der Waals surface area contributed by atoms with Crippen molar-refractivity contribution < 1.29 is 4.79 Å². The highest BCUT2D eigenvalue weighted by Gasteiger charge is 2.20. The Bertz CT molecular complexity index is 479. The number of amides is 1. The molecule has 0 radical (unpaired) electrons. The number of carbonyl (C=O) groups is 1. The molecule has 1 amide bonds. The first kappa shape index (κ1) is 15.7. The molecule has 2 heterocycles. The summed E-state index contributed by atoms with van der Waals surface area (Å²) >= 11 is 0. The summed E-state index contributed by atoms with van der Waals surface area (Å²) in [6.07, 6.45) is 2.76. The van der Waals surface area contributed by atoms with Crippen molar-refractivity contribution in [2.24, 2.45) is 17.4 Å². The van der Waals surface area contributed by atoms with Crippen LogP contribution in [0.25, 0.3) is 0 Å². The van der Waals surface area contributed by atoms with Gasteiger partial charge in [-0.25, -0.2) is 4.98 Å². The molecule has 0 spiro atoms. The van der Waals surface area contributed by atoms with Gasteiger partial charge in [-0.1, -0.05) is 6.92 Å². The van der Waals surface area contributed by atoms with Gasteiger partial charge in [0.1, 0.15) is 5.82 Å². The van der Waals surface area contributed by atoms with E-state index < -0.39 is 5.91 Å². The molecule has 1 unspecified atom stereocenters. The van der Waals surface area contributed by atoms with Crippen LogP contribution in [0.3, 0.4) is 0 Å². The molecule has 0 saturated carbocycles. The van der Waals surface area contributed by atoms with Gasteiger partial charge in [0.25, 0.3) is 5.91 Å². The van der Waals surface area contributed by atoms with E-state index in [2.05, 4.69) is 21.7 Å². The van der Waals surface area contributed by atoms with E-state index in [1.165, 1.54) is 0 Å². The fraction of sp³-hybridized carbons (Fsp3) is 0.600. The fourth-order valence-corrected chi connectivity index (χ4v) is 2.72. The van der Waals surface area contributed by atoms with Gasteiger partial charge in [-0.2, -0.15) is 0 Å². The normalized spacial score (nSPS) is 18.3. The Kier molecular flexibility index (Phi) is 5.52. The van der Waals surface area contributed by atoms with Crippen LogP contribution in [0.2, 0.25) is 0 Å². The van der Waals surface area contributed by atoms with Crippen molar-refractivity contribution in [3.8, 4) is 0 Å². The number of carbonyl (C=O) groups excluding carboxylic acids is 1. The Morgan fingerprint density at radius 1 is 1.38 bits per heavy atom. The molecule has 21 heavy (non-hydrogen) atoms. The fourth-order valence-electron chi connectivity index (χ4n) is 2.72. The topological polar surface area (TPSA) is 88.5 Å². The number of nitrogens with zero attached hydrogens (tertiary/aromatic N) is 3. The molecule has 1 saturated heterocycles. The van der Waals surface area contributed by atoms with E-state index in [9.17, 15) is 4.79 Å². The highest BCUT2D eigenvalue weighted by Crippen LogP contribution is 2.18. The summed E-state index contributed by atoms with van der Waals surface area (Å²) in [5, 5.41) is 0. The third-order valence-corrected chi connectivity index (χ3v) is 3.91. The monoisotopic (exact) mass is 291 g/mol. The molecular formula is C15H25N5O. The minimum atomic E-state index is -0.420. The quantitative estimate of drug-likeness (QED) is 0.814. The maximum absolute atomic E-state index is 11.5. The average Bonchev–Trinajstić information content (AvgIpc) is 2.72. The summed E-state index contributed by atoms with van der Waals surface area (Å²) in [4.78, 5) is 20.5. The van der Waals surface area contributed by atoms with Crippen LogP contribution in [0.4, 0.5) is 5.82 Å². The van der Waals surface area contributed by atoms with Crippen LogP contribution in [0.15, 0.2) is 18.3 Å². The lowest BCUT2D eigenvalue weighted by molar-refractivity contribution is 0.100. The molecule has 6 nitrogen and oxygen atoms in total. The highest BCUT2D eigenvalue weighted by molar-refractivity contribution is 5.97. The number of hydrogen-bond acceptors (Lipinski definition) is 5. The number of aromatic nitrogens is 1. The van der Waals surface area contributed by atoms with Gasteiger partial charge in [-0.3, -0.25) is 4.79 Å². The predicted molar refractivity (Wildman–Crippen MR) is 84.2 cm³/mol. The van der Waals surface area contributed by atoms with Gasteiger partial charge in [0.2, 0.25) is 0 Å². The molecule has 1 aromatic rings. The first-order chi connectivity index (χ1) is 10.1. The molecule has 0 aromatic carbocycles. The maximum Gasteiger partial charge on any atom is 0.252 e. The molecule has 6 heteroatoms. The second-order valence-electron chi connectivity index (χ2n) is 5.72. The van der Waals surface area contributed by atoms with Crippen molar-refractivity contribution in [2.75, 3.05) is 44.2 Å². The Morgan fingerprint density at radius 3 is 2.90 bits per heavy atom. The second-order valence-corrected chi connectivity index (χ2v) is 5.72. The molecule has 1 fully saturated rings. The minimum absolute atomic E-state index is 0.420. The van der Waals surface area contributed by atoms with Gasteiger partial charge >= 0.3 is 0 Å². The van der Waals surface area contributed by atoms with Crippen LogP contribution in [-0.4, -0.2) is 55.1 Å². The Morgan fingerprint density at radius 2 is 2.19 bits per heavy atom. The third-order valence-electron chi connectivity index (χ3n) is 3.91. The minimum Gasteiger partial charge on any atom is -0.365 e. The van der Waals surface area contributed by atoms with Crippen LogP contribution >= 0.6 is 0 Å². The first-order valence-corrected chi connectivity index (χ1v) is 7.54. The zero-order chi connectivity index (χ0) is 15.2. The summed E-state index contributed by atoms with van der Waals surface area (Å²) in [6, 6.07) is 3.49. The molecule has 1 aromatic heterocycles. The van der Waals surface area contributed by atoms with Crippen LogP contribution in [0.1, 0.15) is 23.7 Å². The molecule has 1 atom stereocenters. The van der Waals surface area contributed by atoms with Gasteiger partial charge in [0.05, 0.1) is 5.56 Å². The van der Waals surface area contributed by atoms with Crippen LogP contribution in [0.5, 0.6) is 0 Å². The van der Waals surface area contributed by atoms with Crippen LogP contribution in [0, 0.1) is 5.92 Å². The number of primary amides is 1. The summed E-state index contributed by atoms with van der Waals surface area (Å²) in [5.41, 5.74) is 11.6. The van der Waals surface area contributed by atoms with Crippen molar-refractivity contribution in [3.05, 3.63) is 23.9 Å².